The average molecular weight is 653 g/mol. The number of sulfonamides is 1. The summed E-state index contributed by atoms with van der Waals surface area (Å²) in [6.45, 7) is 3.23. The van der Waals surface area contributed by atoms with E-state index in [1.54, 1.807) is 37.3 Å². The summed E-state index contributed by atoms with van der Waals surface area (Å²) in [7, 11) is -0.249. The van der Waals surface area contributed by atoms with E-state index in [0.29, 0.717) is 29.3 Å². The van der Waals surface area contributed by atoms with E-state index in [2.05, 4.69) is 5.32 Å². The first-order valence-electron chi connectivity index (χ1n) is 13.4. The van der Waals surface area contributed by atoms with Gasteiger partial charge in [-0.15, -0.1) is 0 Å². The van der Waals surface area contributed by atoms with Gasteiger partial charge in [0.05, 0.1) is 31.9 Å². The predicted molar refractivity (Wildman–Crippen MR) is 167 cm³/mol. The SMILES string of the molecule is CCCNC(=O)C(C)N(Cc1cccc(Cl)c1)C(=O)CN(c1cc(Cl)ccc1OC)S(=O)(=O)c1ccc(OC)c(OC)c1. The Morgan fingerprint density at radius 2 is 1.53 bits per heavy atom. The molecule has 13 heteroatoms. The molecule has 1 atom stereocenters. The van der Waals surface area contributed by atoms with Crippen molar-refractivity contribution in [3.63, 3.8) is 0 Å². The summed E-state index contributed by atoms with van der Waals surface area (Å²) in [5, 5.41) is 3.48. The monoisotopic (exact) mass is 651 g/mol. The van der Waals surface area contributed by atoms with Crippen LogP contribution in [0, 0.1) is 0 Å². The first-order chi connectivity index (χ1) is 20.5. The third-order valence-corrected chi connectivity index (χ3v) is 8.82. The van der Waals surface area contributed by atoms with Crippen LogP contribution in [0.3, 0.4) is 0 Å². The van der Waals surface area contributed by atoms with Crippen molar-refractivity contribution in [1.29, 1.82) is 0 Å². The van der Waals surface area contributed by atoms with Crippen molar-refractivity contribution in [2.24, 2.45) is 0 Å². The maximum Gasteiger partial charge on any atom is 0.265 e. The number of rotatable bonds is 14. The van der Waals surface area contributed by atoms with E-state index in [1.165, 1.54) is 56.6 Å². The Balaban J connectivity index is 2.14. The van der Waals surface area contributed by atoms with Gasteiger partial charge in [0, 0.05) is 29.2 Å². The Bertz CT molecular complexity index is 1550. The zero-order chi connectivity index (χ0) is 31.7. The lowest BCUT2D eigenvalue weighted by Crippen LogP contribution is -2.51. The summed E-state index contributed by atoms with van der Waals surface area (Å²) in [6, 6.07) is 14.5. The Hall–Kier alpha value is -3.67. The van der Waals surface area contributed by atoms with Crippen LogP contribution in [0.15, 0.2) is 65.6 Å². The summed E-state index contributed by atoms with van der Waals surface area (Å²) in [4.78, 5) is 28.3. The summed E-state index contributed by atoms with van der Waals surface area (Å²) in [5.41, 5.74) is 0.689. The number of benzene rings is 3. The van der Waals surface area contributed by atoms with Gasteiger partial charge in [-0.1, -0.05) is 42.3 Å². The molecule has 0 aromatic heterocycles. The number of anilines is 1. The second-order valence-corrected chi connectivity index (χ2v) is 12.2. The second kappa shape index (κ2) is 15.2. The molecule has 3 aromatic carbocycles. The van der Waals surface area contributed by atoms with E-state index >= 15 is 0 Å². The summed E-state index contributed by atoms with van der Waals surface area (Å²) >= 11 is 12.5. The maximum atomic E-state index is 14.2. The molecule has 3 rings (SSSR count). The van der Waals surface area contributed by atoms with Gasteiger partial charge in [0.25, 0.3) is 10.0 Å². The number of carbonyl (C=O) groups excluding carboxylic acids is 2. The quantitative estimate of drug-likeness (QED) is 0.256. The first kappa shape index (κ1) is 33.8. The highest BCUT2D eigenvalue weighted by atomic mass is 35.5. The highest BCUT2D eigenvalue weighted by Gasteiger charge is 2.34. The summed E-state index contributed by atoms with van der Waals surface area (Å²) < 4.78 is 45.4. The Kier molecular flexibility index (Phi) is 11.9. The van der Waals surface area contributed by atoms with Crippen LogP contribution in [0.1, 0.15) is 25.8 Å². The third-order valence-electron chi connectivity index (χ3n) is 6.59. The van der Waals surface area contributed by atoms with Crippen molar-refractivity contribution in [2.75, 3.05) is 38.7 Å². The number of hydrogen-bond acceptors (Lipinski definition) is 7. The fourth-order valence-electron chi connectivity index (χ4n) is 4.29. The molecule has 0 fully saturated rings. The van der Waals surface area contributed by atoms with Crippen molar-refractivity contribution in [2.45, 2.75) is 37.8 Å². The molecule has 0 radical (unpaired) electrons. The second-order valence-electron chi connectivity index (χ2n) is 9.46. The lowest BCUT2D eigenvalue weighted by atomic mass is 10.1. The average Bonchev–Trinajstić information content (AvgIpc) is 3.00. The maximum absolute atomic E-state index is 14.2. The van der Waals surface area contributed by atoms with Crippen molar-refractivity contribution in [3.05, 3.63) is 76.3 Å². The number of nitrogens with one attached hydrogen (secondary N) is 1. The molecule has 1 N–H and O–H groups in total. The molecule has 0 heterocycles. The van der Waals surface area contributed by atoms with Gasteiger partial charge in [0.15, 0.2) is 11.5 Å². The number of halogens is 2. The van der Waals surface area contributed by atoms with Crippen LogP contribution in [0.25, 0.3) is 0 Å². The summed E-state index contributed by atoms with van der Waals surface area (Å²) in [6.07, 6.45) is 0.701. The van der Waals surface area contributed by atoms with Crippen molar-refractivity contribution < 1.29 is 32.2 Å². The van der Waals surface area contributed by atoms with Gasteiger partial charge in [-0.3, -0.25) is 13.9 Å². The number of carbonyl (C=O) groups is 2. The van der Waals surface area contributed by atoms with Gasteiger partial charge in [-0.05, 0) is 61.4 Å². The van der Waals surface area contributed by atoms with E-state index in [4.69, 9.17) is 37.4 Å². The van der Waals surface area contributed by atoms with Gasteiger partial charge >= 0.3 is 0 Å². The highest BCUT2D eigenvalue weighted by molar-refractivity contribution is 7.92. The lowest BCUT2D eigenvalue weighted by Gasteiger charge is -2.32. The molecule has 43 heavy (non-hydrogen) atoms. The number of amides is 2. The van der Waals surface area contributed by atoms with E-state index in [-0.39, 0.29) is 39.6 Å². The molecule has 0 saturated carbocycles. The molecule has 2 amide bonds. The first-order valence-corrected chi connectivity index (χ1v) is 15.6. The van der Waals surface area contributed by atoms with Gasteiger partial charge in [-0.25, -0.2) is 8.42 Å². The molecule has 0 spiro atoms. The Morgan fingerprint density at radius 1 is 0.884 bits per heavy atom. The number of hydrogen-bond donors (Lipinski definition) is 1. The van der Waals surface area contributed by atoms with Crippen LogP contribution >= 0.6 is 23.2 Å². The smallest absolute Gasteiger partial charge is 0.265 e. The van der Waals surface area contributed by atoms with Crippen molar-refractivity contribution >= 4 is 50.7 Å². The summed E-state index contributed by atoms with van der Waals surface area (Å²) in [5.74, 6) is -0.366. The standard InChI is InChI=1S/C30H35Cl2N3O7S/c1-6-14-33-30(37)20(2)34(18-21-8-7-9-22(31)15-21)29(36)19-35(25-16-23(32)10-12-26(25)40-3)43(38,39)24-11-13-27(41-4)28(17-24)42-5/h7-13,15-17,20H,6,14,18-19H2,1-5H3,(H,33,37). The molecule has 3 aromatic rings. The highest BCUT2D eigenvalue weighted by Crippen LogP contribution is 2.37. The molecule has 232 valence electrons. The molecule has 0 aliphatic rings. The fourth-order valence-corrected chi connectivity index (χ4v) is 6.10. The normalized spacial score (nSPS) is 11.8. The van der Waals surface area contributed by atoms with Crippen LogP contribution in [-0.4, -0.2) is 65.6 Å². The molecular weight excluding hydrogens is 617 g/mol. The van der Waals surface area contributed by atoms with E-state index in [1.807, 2.05) is 6.92 Å². The minimum Gasteiger partial charge on any atom is -0.495 e. The van der Waals surface area contributed by atoms with Crippen molar-refractivity contribution in [1.82, 2.24) is 10.2 Å². The molecular formula is C30H35Cl2N3O7S. The van der Waals surface area contributed by atoms with Crippen LogP contribution in [0.2, 0.25) is 10.0 Å². The molecule has 0 bridgehead atoms. The molecule has 0 aliphatic heterocycles. The van der Waals surface area contributed by atoms with Gasteiger partial charge in [0.1, 0.15) is 18.3 Å². The number of nitrogens with zero attached hydrogens (tertiary/aromatic N) is 2. The Morgan fingerprint density at radius 3 is 2.16 bits per heavy atom. The topological polar surface area (TPSA) is 114 Å². The minimum absolute atomic E-state index is 0.00294. The third kappa shape index (κ3) is 8.25. The molecule has 0 aliphatic carbocycles. The Labute approximate surface area is 262 Å². The zero-order valence-electron chi connectivity index (χ0n) is 24.6. The van der Waals surface area contributed by atoms with Gasteiger partial charge < -0.3 is 24.4 Å². The fraction of sp³-hybridized carbons (Fsp3) is 0.333. The number of methoxy groups -OCH3 is 3. The van der Waals surface area contributed by atoms with E-state index < -0.39 is 28.5 Å². The lowest BCUT2D eigenvalue weighted by molar-refractivity contribution is -0.139. The van der Waals surface area contributed by atoms with Gasteiger partial charge in [0.2, 0.25) is 11.8 Å². The van der Waals surface area contributed by atoms with E-state index in [9.17, 15) is 18.0 Å². The van der Waals surface area contributed by atoms with Crippen LogP contribution in [-0.2, 0) is 26.2 Å². The van der Waals surface area contributed by atoms with Crippen LogP contribution in [0.4, 0.5) is 5.69 Å². The largest absolute Gasteiger partial charge is 0.495 e. The minimum atomic E-state index is -4.44. The van der Waals surface area contributed by atoms with Crippen LogP contribution in [0.5, 0.6) is 17.2 Å². The zero-order valence-corrected chi connectivity index (χ0v) is 26.9. The van der Waals surface area contributed by atoms with Crippen molar-refractivity contribution in [3.8, 4) is 17.2 Å². The number of ether oxygens (including phenoxy) is 3. The predicted octanol–water partition coefficient (Wildman–Crippen LogP) is 5.16. The molecule has 0 saturated heterocycles. The van der Waals surface area contributed by atoms with Crippen LogP contribution < -0.4 is 23.8 Å². The van der Waals surface area contributed by atoms with E-state index in [0.717, 1.165) is 4.31 Å². The molecule has 10 nitrogen and oxygen atoms in total. The molecule has 1 unspecified atom stereocenters. The van der Waals surface area contributed by atoms with Gasteiger partial charge in [-0.2, -0.15) is 0 Å².